The summed E-state index contributed by atoms with van der Waals surface area (Å²) in [6, 6.07) is 9.91. The number of benzene rings is 1. The van der Waals surface area contributed by atoms with Crippen LogP contribution in [-0.4, -0.2) is 20.9 Å². The van der Waals surface area contributed by atoms with E-state index in [1.165, 1.54) is 6.26 Å². The number of anilines is 1. The summed E-state index contributed by atoms with van der Waals surface area (Å²) in [5, 5.41) is -0.974. The van der Waals surface area contributed by atoms with E-state index in [1.807, 2.05) is 6.92 Å². The van der Waals surface area contributed by atoms with Gasteiger partial charge < -0.3 is 9.32 Å². The van der Waals surface area contributed by atoms with Crippen molar-refractivity contribution in [1.82, 2.24) is 0 Å². The van der Waals surface area contributed by atoms with Crippen LogP contribution in [-0.2, 0) is 14.6 Å². The van der Waals surface area contributed by atoms with Crippen LogP contribution >= 0.6 is 0 Å². The monoisotopic (exact) mass is 319 g/mol. The Labute approximate surface area is 129 Å². The van der Waals surface area contributed by atoms with E-state index in [2.05, 4.69) is 0 Å². The van der Waals surface area contributed by atoms with E-state index in [9.17, 15) is 13.2 Å². The van der Waals surface area contributed by atoms with Gasteiger partial charge in [-0.1, -0.05) is 19.1 Å². The average molecular weight is 319 g/mol. The molecule has 1 atom stereocenters. The highest BCUT2D eigenvalue weighted by Crippen LogP contribution is 2.40. The second kappa shape index (κ2) is 5.61. The fraction of sp³-hybridized carbons (Fsp3) is 0.312. The smallest absolute Gasteiger partial charge is 0.228 e. The zero-order chi connectivity index (χ0) is 15.7. The number of carbonyl (C=O) groups is 1. The molecule has 0 saturated heterocycles. The molecule has 0 aliphatic carbocycles. The van der Waals surface area contributed by atoms with Crippen molar-refractivity contribution in [2.75, 3.05) is 11.4 Å². The van der Waals surface area contributed by atoms with E-state index in [-0.39, 0.29) is 17.2 Å². The summed E-state index contributed by atoms with van der Waals surface area (Å²) in [7, 11) is -3.68. The van der Waals surface area contributed by atoms with Gasteiger partial charge in [-0.2, -0.15) is 0 Å². The van der Waals surface area contributed by atoms with Gasteiger partial charge in [0.15, 0.2) is 9.84 Å². The lowest BCUT2D eigenvalue weighted by molar-refractivity contribution is -0.118. The minimum absolute atomic E-state index is 0.107. The Morgan fingerprint density at radius 1 is 1.23 bits per heavy atom. The fourth-order valence-electron chi connectivity index (χ4n) is 2.78. The number of sulfone groups is 1. The summed E-state index contributed by atoms with van der Waals surface area (Å²) < 4.78 is 31.2. The van der Waals surface area contributed by atoms with Crippen LogP contribution in [0.5, 0.6) is 0 Å². The van der Waals surface area contributed by atoms with Crippen LogP contribution in [0.4, 0.5) is 5.69 Å². The zero-order valence-electron chi connectivity index (χ0n) is 12.2. The van der Waals surface area contributed by atoms with E-state index in [0.29, 0.717) is 18.0 Å². The van der Waals surface area contributed by atoms with E-state index in [0.717, 1.165) is 6.42 Å². The molecule has 2 aromatic rings. The first-order valence-electron chi connectivity index (χ1n) is 7.22. The third-order valence-electron chi connectivity index (χ3n) is 3.81. The van der Waals surface area contributed by atoms with Crippen molar-refractivity contribution in [3.63, 3.8) is 0 Å². The van der Waals surface area contributed by atoms with Gasteiger partial charge in [0.1, 0.15) is 11.0 Å². The van der Waals surface area contributed by atoms with Gasteiger partial charge in [0.2, 0.25) is 5.91 Å². The molecule has 116 valence electrons. The van der Waals surface area contributed by atoms with Gasteiger partial charge >= 0.3 is 0 Å². The Bertz CT molecular complexity index is 780. The molecule has 1 aliphatic heterocycles. The number of hydrogen-bond donors (Lipinski definition) is 0. The van der Waals surface area contributed by atoms with Crippen molar-refractivity contribution in [2.24, 2.45) is 0 Å². The van der Waals surface area contributed by atoms with Gasteiger partial charge in [-0.25, -0.2) is 8.42 Å². The normalized spacial score (nSPS) is 20.5. The van der Waals surface area contributed by atoms with Gasteiger partial charge in [0.05, 0.1) is 23.3 Å². The van der Waals surface area contributed by atoms with Crippen LogP contribution < -0.4 is 4.90 Å². The second-order valence-electron chi connectivity index (χ2n) is 5.27. The molecule has 3 rings (SSSR count). The summed E-state index contributed by atoms with van der Waals surface area (Å²) in [6.07, 6.45) is 2.08. The second-order valence-corrected chi connectivity index (χ2v) is 7.37. The molecular weight excluding hydrogens is 302 g/mol. The van der Waals surface area contributed by atoms with Gasteiger partial charge in [-0.15, -0.1) is 0 Å². The van der Waals surface area contributed by atoms with Crippen LogP contribution in [0.15, 0.2) is 52.0 Å². The fourth-order valence-corrected chi connectivity index (χ4v) is 4.63. The summed E-state index contributed by atoms with van der Waals surface area (Å²) in [5.74, 6) is 0.110. The molecule has 22 heavy (non-hydrogen) atoms. The molecule has 0 bridgehead atoms. The number of para-hydroxylation sites is 1. The predicted molar refractivity (Wildman–Crippen MR) is 82.3 cm³/mol. The Hall–Kier alpha value is -2.08. The van der Waals surface area contributed by atoms with Crippen LogP contribution in [0.2, 0.25) is 0 Å². The molecule has 1 aliphatic rings. The quantitative estimate of drug-likeness (QED) is 0.872. The first-order valence-corrected chi connectivity index (χ1v) is 8.77. The van der Waals surface area contributed by atoms with Gasteiger partial charge in [0, 0.05) is 6.54 Å². The number of rotatable bonds is 3. The first kappa shape index (κ1) is 14.8. The maximum Gasteiger partial charge on any atom is 0.228 e. The molecule has 0 N–H and O–H groups in total. The lowest BCUT2D eigenvalue weighted by atomic mass is 10.2. The molecule has 0 saturated carbocycles. The largest absolute Gasteiger partial charge is 0.468 e. The van der Waals surface area contributed by atoms with Gasteiger partial charge in [-0.05, 0) is 30.7 Å². The number of hydrogen-bond acceptors (Lipinski definition) is 4. The first-order chi connectivity index (χ1) is 10.6. The molecule has 1 aromatic carbocycles. The van der Waals surface area contributed by atoms with Crippen LogP contribution in [0, 0.1) is 0 Å². The Morgan fingerprint density at radius 2 is 2.00 bits per heavy atom. The lowest BCUT2D eigenvalue weighted by Crippen LogP contribution is -2.31. The van der Waals surface area contributed by atoms with E-state index >= 15 is 0 Å². The molecule has 5 nitrogen and oxygen atoms in total. The molecule has 1 unspecified atom stereocenters. The highest BCUT2D eigenvalue weighted by atomic mass is 32.2. The van der Waals surface area contributed by atoms with Crippen LogP contribution in [0.25, 0.3) is 0 Å². The number of carbonyl (C=O) groups excluding carboxylic acids is 1. The molecule has 0 fully saturated rings. The Kier molecular flexibility index (Phi) is 3.78. The highest BCUT2D eigenvalue weighted by molar-refractivity contribution is 7.91. The van der Waals surface area contributed by atoms with Crippen molar-refractivity contribution in [1.29, 1.82) is 0 Å². The standard InChI is InChI=1S/C16H17NO4S/c1-2-9-17-12-6-3-4-8-14(12)22(19,20)15(11-16(17)18)13-7-5-10-21-13/h3-8,10,15H,2,9,11H2,1H3. The highest BCUT2D eigenvalue weighted by Gasteiger charge is 2.40. The minimum atomic E-state index is -3.68. The SMILES string of the molecule is CCCN1C(=O)CC(c2ccco2)S(=O)(=O)c2ccccc21. The molecule has 1 amide bonds. The average Bonchev–Trinajstić information content (AvgIpc) is 3.01. The molecule has 0 spiro atoms. The van der Waals surface area contributed by atoms with Crippen molar-refractivity contribution in [2.45, 2.75) is 29.9 Å². The topological polar surface area (TPSA) is 67.6 Å². The summed E-state index contributed by atoms with van der Waals surface area (Å²) >= 11 is 0. The molecule has 1 aromatic heterocycles. The maximum atomic E-state index is 13.0. The van der Waals surface area contributed by atoms with Crippen molar-refractivity contribution in [3.05, 3.63) is 48.4 Å². The lowest BCUT2D eigenvalue weighted by Gasteiger charge is -2.21. The van der Waals surface area contributed by atoms with Crippen LogP contribution in [0.3, 0.4) is 0 Å². The number of fused-ring (bicyclic) bond motifs is 1. The number of furan rings is 1. The minimum Gasteiger partial charge on any atom is -0.468 e. The molecule has 6 heteroatoms. The van der Waals surface area contributed by atoms with Crippen molar-refractivity contribution in [3.8, 4) is 0 Å². The van der Waals surface area contributed by atoms with Crippen molar-refractivity contribution >= 4 is 21.4 Å². The number of nitrogens with zero attached hydrogens (tertiary/aromatic N) is 1. The number of amides is 1. The summed E-state index contributed by atoms with van der Waals surface area (Å²) in [6.45, 7) is 2.45. The van der Waals surface area contributed by atoms with E-state index in [1.54, 1.807) is 41.3 Å². The Balaban J connectivity index is 2.20. The van der Waals surface area contributed by atoms with E-state index in [4.69, 9.17) is 4.42 Å². The maximum absolute atomic E-state index is 13.0. The molecule has 2 heterocycles. The molecular formula is C16H17NO4S. The summed E-state index contributed by atoms with van der Waals surface area (Å²) in [5.41, 5.74) is 0.461. The van der Waals surface area contributed by atoms with Crippen molar-refractivity contribution < 1.29 is 17.6 Å². The van der Waals surface area contributed by atoms with Gasteiger partial charge in [-0.3, -0.25) is 4.79 Å². The Morgan fingerprint density at radius 3 is 2.68 bits per heavy atom. The zero-order valence-corrected chi connectivity index (χ0v) is 13.0. The van der Waals surface area contributed by atoms with E-state index < -0.39 is 15.1 Å². The third kappa shape index (κ3) is 2.33. The predicted octanol–water partition coefficient (Wildman–Crippen LogP) is 2.94. The summed E-state index contributed by atoms with van der Waals surface area (Å²) in [4.78, 5) is 14.3. The van der Waals surface area contributed by atoms with Gasteiger partial charge in [0.25, 0.3) is 0 Å². The molecule has 0 radical (unpaired) electrons. The van der Waals surface area contributed by atoms with Crippen LogP contribution in [0.1, 0.15) is 30.8 Å². The third-order valence-corrected chi connectivity index (χ3v) is 5.91.